The van der Waals surface area contributed by atoms with Gasteiger partial charge in [-0.1, -0.05) is 41.0 Å². The average molecular weight is 306 g/mol. The molecule has 126 valence electrons. The Morgan fingerprint density at radius 1 is 0.682 bits per heavy atom. The summed E-state index contributed by atoms with van der Waals surface area (Å²) in [6.45, 7) is 8.72. The molecule has 0 aromatic carbocycles. The van der Waals surface area contributed by atoms with Crippen LogP contribution in [0.25, 0.3) is 0 Å². The molecule has 0 amide bonds. The Bertz CT molecular complexity index is 407. The summed E-state index contributed by atoms with van der Waals surface area (Å²) in [5, 5.41) is 17.9. The van der Waals surface area contributed by atoms with E-state index >= 15 is 0 Å². The minimum Gasteiger partial charge on any atom is -0.392 e. The number of aliphatic hydroxyl groups is 2. The molecule has 0 aliphatic rings. The van der Waals surface area contributed by atoms with Crippen molar-refractivity contribution in [2.45, 2.75) is 66.2 Å². The van der Waals surface area contributed by atoms with Gasteiger partial charge in [-0.3, -0.25) is 0 Å². The molecule has 0 saturated carbocycles. The van der Waals surface area contributed by atoms with Crippen molar-refractivity contribution in [3.63, 3.8) is 0 Å². The molecule has 0 unspecified atom stereocenters. The molecule has 0 fully saturated rings. The molecule has 0 aliphatic heterocycles. The molecule has 0 aliphatic carbocycles. The molecule has 22 heavy (non-hydrogen) atoms. The number of aliphatic hydroxyl groups excluding tert-OH is 2. The van der Waals surface area contributed by atoms with Crippen molar-refractivity contribution >= 4 is 0 Å². The second-order valence-electron chi connectivity index (χ2n) is 6.20. The van der Waals surface area contributed by atoms with Gasteiger partial charge in [-0.15, -0.1) is 0 Å². The number of hydrogen-bond donors (Lipinski definition) is 2. The lowest BCUT2D eigenvalue weighted by atomic mass is 10.0. The molecule has 2 N–H and O–H groups in total. The molecule has 0 heterocycles. The van der Waals surface area contributed by atoms with Crippen LogP contribution in [0.1, 0.15) is 66.2 Å². The summed E-state index contributed by atoms with van der Waals surface area (Å²) in [4.78, 5) is 0. The lowest BCUT2D eigenvalue weighted by Gasteiger charge is -2.03. The SMILES string of the molecule is CC(C)=CCCC(C)=CCCC(C)=CCCC(=CCO)CO. The fourth-order valence-corrected chi connectivity index (χ4v) is 2.22. The predicted octanol–water partition coefficient (Wildman–Crippen LogP) is 5.10. The van der Waals surface area contributed by atoms with E-state index in [1.54, 1.807) is 6.08 Å². The number of hydrogen-bond acceptors (Lipinski definition) is 2. The van der Waals surface area contributed by atoms with Crippen LogP contribution in [0.3, 0.4) is 0 Å². The monoisotopic (exact) mass is 306 g/mol. The Morgan fingerprint density at radius 3 is 1.64 bits per heavy atom. The maximum Gasteiger partial charge on any atom is 0.0642 e. The van der Waals surface area contributed by atoms with Gasteiger partial charge in [-0.25, -0.2) is 0 Å². The van der Waals surface area contributed by atoms with Crippen LogP contribution in [-0.2, 0) is 0 Å². The second kappa shape index (κ2) is 13.5. The molecule has 0 atom stereocenters. The summed E-state index contributed by atoms with van der Waals surface area (Å²) < 4.78 is 0. The zero-order valence-electron chi connectivity index (χ0n) is 14.9. The van der Waals surface area contributed by atoms with Gasteiger partial charge in [0.15, 0.2) is 0 Å². The molecule has 0 spiro atoms. The van der Waals surface area contributed by atoms with Gasteiger partial charge >= 0.3 is 0 Å². The molecule has 0 bridgehead atoms. The maximum absolute atomic E-state index is 9.12. The molecule has 0 aromatic heterocycles. The van der Waals surface area contributed by atoms with E-state index in [0.717, 1.165) is 44.1 Å². The van der Waals surface area contributed by atoms with Gasteiger partial charge in [-0.05, 0) is 71.8 Å². The quantitative estimate of drug-likeness (QED) is 0.522. The van der Waals surface area contributed by atoms with Gasteiger partial charge in [0, 0.05) is 0 Å². The van der Waals surface area contributed by atoms with Crippen LogP contribution in [0.5, 0.6) is 0 Å². The van der Waals surface area contributed by atoms with Crippen molar-refractivity contribution in [2.75, 3.05) is 13.2 Å². The van der Waals surface area contributed by atoms with E-state index in [2.05, 4.69) is 45.9 Å². The Hall–Kier alpha value is -1.12. The minimum atomic E-state index is 0.00933. The van der Waals surface area contributed by atoms with Gasteiger partial charge in [0.2, 0.25) is 0 Å². The highest BCUT2D eigenvalue weighted by atomic mass is 16.3. The van der Waals surface area contributed by atoms with E-state index in [1.165, 1.54) is 16.7 Å². The molecular formula is C20H34O2. The topological polar surface area (TPSA) is 40.5 Å². The van der Waals surface area contributed by atoms with Crippen LogP contribution in [0.2, 0.25) is 0 Å². The smallest absolute Gasteiger partial charge is 0.0642 e. The van der Waals surface area contributed by atoms with Crippen molar-refractivity contribution in [1.82, 2.24) is 0 Å². The summed E-state index contributed by atoms with van der Waals surface area (Å²) in [5.41, 5.74) is 5.18. The summed E-state index contributed by atoms with van der Waals surface area (Å²) in [5.74, 6) is 0. The van der Waals surface area contributed by atoms with Crippen LogP contribution in [0, 0.1) is 0 Å². The van der Waals surface area contributed by atoms with E-state index in [-0.39, 0.29) is 13.2 Å². The van der Waals surface area contributed by atoms with Gasteiger partial charge in [0.05, 0.1) is 13.2 Å². The van der Waals surface area contributed by atoms with Gasteiger partial charge < -0.3 is 10.2 Å². The first-order valence-electron chi connectivity index (χ1n) is 8.33. The third kappa shape index (κ3) is 12.6. The maximum atomic E-state index is 9.12. The van der Waals surface area contributed by atoms with Crippen molar-refractivity contribution in [1.29, 1.82) is 0 Å². The summed E-state index contributed by atoms with van der Waals surface area (Å²) in [6, 6.07) is 0. The highest BCUT2D eigenvalue weighted by molar-refractivity contribution is 5.08. The molecule has 0 rings (SSSR count). The highest BCUT2D eigenvalue weighted by Gasteiger charge is 1.95. The number of rotatable bonds is 11. The van der Waals surface area contributed by atoms with Crippen LogP contribution in [0.4, 0.5) is 0 Å². The van der Waals surface area contributed by atoms with E-state index in [1.807, 2.05) is 0 Å². The zero-order valence-corrected chi connectivity index (χ0v) is 14.9. The van der Waals surface area contributed by atoms with E-state index in [4.69, 9.17) is 10.2 Å². The van der Waals surface area contributed by atoms with E-state index in [0.29, 0.717) is 0 Å². The fourth-order valence-electron chi connectivity index (χ4n) is 2.22. The first-order valence-corrected chi connectivity index (χ1v) is 8.33. The first-order chi connectivity index (χ1) is 10.5. The Kier molecular flexibility index (Phi) is 12.8. The third-order valence-electron chi connectivity index (χ3n) is 3.66. The largest absolute Gasteiger partial charge is 0.392 e. The Labute approximate surface area is 137 Å². The lowest BCUT2D eigenvalue weighted by Crippen LogP contribution is -1.92. The van der Waals surface area contributed by atoms with Gasteiger partial charge in [-0.2, -0.15) is 0 Å². The second-order valence-corrected chi connectivity index (χ2v) is 6.20. The van der Waals surface area contributed by atoms with Crippen LogP contribution >= 0.6 is 0 Å². The summed E-state index contributed by atoms with van der Waals surface area (Å²) in [7, 11) is 0. The van der Waals surface area contributed by atoms with Crippen molar-refractivity contribution in [3.8, 4) is 0 Å². The Morgan fingerprint density at radius 2 is 1.18 bits per heavy atom. The predicted molar refractivity (Wildman–Crippen MR) is 96.9 cm³/mol. The molecule has 2 nitrogen and oxygen atoms in total. The first kappa shape index (κ1) is 20.9. The lowest BCUT2D eigenvalue weighted by molar-refractivity contribution is 0.315. The fraction of sp³-hybridized carbons (Fsp3) is 0.600. The molecular weight excluding hydrogens is 272 g/mol. The van der Waals surface area contributed by atoms with E-state index in [9.17, 15) is 0 Å². The zero-order chi connectivity index (χ0) is 16.8. The summed E-state index contributed by atoms with van der Waals surface area (Å²) in [6.07, 6.45) is 14.8. The van der Waals surface area contributed by atoms with Crippen molar-refractivity contribution in [3.05, 3.63) is 46.6 Å². The van der Waals surface area contributed by atoms with Crippen LogP contribution < -0.4 is 0 Å². The van der Waals surface area contributed by atoms with Gasteiger partial charge in [0.1, 0.15) is 0 Å². The third-order valence-corrected chi connectivity index (χ3v) is 3.66. The molecule has 0 aromatic rings. The van der Waals surface area contributed by atoms with Crippen molar-refractivity contribution < 1.29 is 10.2 Å². The summed E-state index contributed by atoms with van der Waals surface area (Å²) >= 11 is 0. The Balaban J connectivity index is 4.01. The van der Waals surface area contributed by atoms with Crippen LogP contribution in [0.15, 0.2) is 46.6 Å². The standard InChI is InChI=1S/C20H34O2/c1-17(2)8-5-9-18(3)10-6-11-19(4)12-7-13-20(16-22)14-15-21/h8,10,12,14,21-22H,5-7,9,11,13,15-16H2,1-4H3. The average Bonchev–Trinajstić information content (AvgIpc) is 2.46. The van der Waals surface area contributed by atoms with Crippen LogP contribution in [-0.4, -0.2) is 23.4 Å². The highest BCUT2D eigenvalue weighted by Crippen LogP contribution is 2.13. The van der Waals surface area contributed by atoms with E-state index < -0.39 is 0 Å². The molecule has 0 radical (unpaired) electrons. The normalized spacial score (nSPS) is 13.5. The molecule has 0 saturated heterocycles. The number of allylic oxidation sites excluding steroid dienone is 6. The molecule has 2 heteroatoms. The van der Waals surface area contributed by atoms with Gasteiger partial charge in [0.25, 0.3) is 0 Å². The minimum absolute atomic E-state index is 0.00933. The van der Waals surface area contributed by atoms with Crippen molar-refractivity contribution in [2.24, 2.45) is 0 Å².